The number of nitrogens with zero attached hydrogens (tertiary/aromatic N) is 7. The molecule has 2 N–H and O–H groups in total. The molecule has 2 aromatic carbocycles. The first-order chi connectivity index (χ1) is 22.4. The van der Waals surface area contributed by atoms with Gasteiger partial charge >= 0.3 is 0 Å². The third-order valence-corrected chi connectivity index (χ3v) is 8.74. The minimum absolute atomic E-state index is 0.166. The Morgan fingerprint density at radius 2 is 1.89 bits per heavy atom. The Hall–Kier alpha value is -4.45. The molecular formula is C32H36F2N8O4. The van der Waals surface area contributed by atoms with E-state index in [9.17, 15) is 14.4 Å². The van der Waals surface area contributed by atoms with Crippen LogP contribution in [0.3, 0.4) is 0 Å². The van der Waals surface area contributed by atoms with Gasteiger partial charge in [0.2, 0.25) is 11.9 Å². The van der Waals surface area contributed by atoms with Crippen molar-refractivity contribution in [3.05, 3.63) is 54.1 Å². The minimum Gasteiger partial charge on any atom is -0.486 e. The third kappa shape index (κ3) is 7.17. The van der Waals surface area contributed by atoms with Gasteiger partial charge in [-0.3, -0.25) is 9.69 Å². The number of rotatable bonds is 8. The molecule has 2 atom stereocenters. The van der Waals surface area contributed by atoms with Crippen LogP contribution in [0.4, 0.5) is 26.1 Å². The number of anilines is 3. The Morgan fingerprint density at radius 1 is 1.09 bits per heavy atom. The minimum atomic E-state index is -1.47. The topological polar surface area (TPSA) is 140 Å². The van der Waals surface area contributed by atoms with Gasteiger partial charge in [0.1, 0.15) is 36.7 Å². The van der Waals surface area contributed by atoms with E-state index in [1.54, 1.807) is 30.3 Å². The zero-order valence-electron chi connectivity index (χ0n) is 25.3. The van der Waals surface area contributed by atoms with Gasteiger partial charge < -0.3 is 29.7 Å². The largest absolute Gasteiger partial charge is 0.486 e. The number of hydrogen-bond acceptors (Lipinski definition) is 11. The number of aromatic nitrogens is 3. The van der Waals surface area contributed by atoms with Crippen LogP contribution in [0, 0.1) is 17.1 Å². The number of ether oxygens (including phenoxy) is 2. The average molecular weight is 635 g/mol. The lowest BCUT2D eigenvalue weighted by Gasteiger charge is -2.41. The number of aliphatic hydroxyl groups is 1. The number of hydrogen-bond donors (Lipinski definition) is 2. The number of piperazine rings is 1. The van der Waals surface area contributed by atoms with Crippen LogP contribution in [0.5, 0.6) is 5.75 Å². The SMILES string of the molecule is N#Cc1cc(-c2ncnc(Nc3ccc(N4CCN(C5CCOCC5)CC4)c(F)c3)n2)ccc1OC1CCN(C(=O)CO)CC1F. The summed E-state index contributed by atoms with van der Waals surface area (Å²) in [6.07, 6.45) is 1.31. The van der Waals surface area contributed by atoms with Gasteiger partial charge in [0, 0.05) is 69.7 Å². The molecule has 0 spiro atoms. The number of aliphatic hydroxyl groups excluding tert-OH is 1. The fraction of sp³-hybridized carbons (Fsp3) is 0.469. The molecular weight excluding hydrogens is 598 g/mol. The predicted octanol–water partition coefficient (Wildman–Crippen LogP) is 2.90. The molecule has 0 bridgehead atoms. The summed E-state index contributed by atoms with van der Waals surface area (Å²) >= 11 is 0. The summed E-state index contributed by atoms with van der Waals surface area (Å²) in [4.78, 5) is 30.4. The Bertz CT molecular complexity index is 1580. The summed E-state index contributed by atoms with van der Waals surface area (Å²) < 4.78 is 41.3. The van der Waals surface area contributed by atoms with E-state index in [-0.39, 0.29) is 48.4 Å². The molecule has 12 nitrogen and oxygen atoms in total. The molecule has 3 aromatic rings. The first kappa shape index (κ1) is 31.5. The second-order valence-corrected chi connectivity index (χ2v) is 11.6. The molecule has 46 heavy (non-hydrogen) atoms. The average Bonchev–Trinajstić information content (AvgIpc) is 3.09. The molecule has 6 rings (SSSR count). The Balaban J connectivity index is 1.08. The number of alkyl halides is 1. The molecule has 1 amide bonds. The summed E-state index contributed by atoms with van der Waals surface area (Å²) in [7, 11) is 0. The third-order valence-electron chi connectivity index (χ3n) is 8.74. The van der Waals surface area contributed by atoms with E-state index in [1.807, 2.05) is 0 Å². The second-order valence-electron chi connectivity index (χ2n) is 11.6. The molecule has 3 aliphatic heterocycles. The van der Waals surface area contributed by atoms with Gasteiger partial charge in [0.25, 0.3) is 0 Å². The van der Waals surface area contributed by atoms with Crippen molar-refractivity contribution in [1.82, 2.24) is 24.8 Å². The smallest absolute Gasteiger partial charge is 0.248 e. The molecule has 3 saturated heterocycles. The quantitative estimate of drug-likeness (QED) is 0.378. The summed E-state index contributed by atoms with van der Waals surface area (Å²) in [5, 5.41) is 21.9. The van der Waals surface area contributed by atoms with Gasteiger partial charge in [0.15, 0.2) is 12.0 Å². The van der Waals surface area contributed by atoms with E-state index < -0.39 is 24.8 Å². The van der Waals surface area contributed by atoms with Crippen LogP contribution in [0.25, 0.3) is 11.4 Å². The van der Waals surface area contributed by atoms with E-state index in [0.29, 0.717) is 23.0 Å². The molecule has 1 aromatic heterocycles. The number of nitrogens with one attached hydrogen (secondary N) is 1. The number of nitriles is 1. The second kappa shape index (κ2) is 14.3. The van der Waals surface area contributed by atoms with Crippen LogP contribution >= 0.6 is 0 Å². The highest BCUT2D eigenvalue weighted by molar-refractivity contribution is 5.77. The summed E-state index contributed by atoms with van der Waals surface area (Å²) in [6, 6.07) is 12.3. The summed E-state index contributed by atoms with van der Waals surface area (Å²) in [5.74, 6) is -0.195. The lowest BCUT2D eigenvalue weighted by atomic mass is 10.0. The van der Waals surface area contributed by atoms with Gasteiger partial charge in [-0.1, -0.05) is 0 Å². The first-order valence-electron chi connectivity index (χ1n) is 15.5. The Kier molecular flexibility index (Phi) is 9.82. The standard InChI is InChI=1S/C32H36F2N8O4/c33-25-16-23(2-3-27(25)41-11-9-40(10-12-41)24-6-13-45-14-7-24)38-32-37-20-36-31(39-32)21-1-4-28(22(15-21)17-35)46-29-5-8-42(18-26(29)34)30(44)19-43/h1-4,15-16,20,24,26,29,43H,5-14,18-19H2,(H,36,37,38,39). The Labute approximate surface area is 265 Å². The van der Waals surface area contributed by atoms with E-state index in [0.717, 1.165) is 52.2 Å². The van der Waals surface area contributed by atoms with Gasteiger partial charge in [-0.25, -0.2) is 18.7 Å². The predicted molar refractivity (Wildman–Crippen MR) is 165 cm³/mol. The van der Waals surface area contributed by atoms with Crippen LogP contribution < -0.4 is 15.0 Å². The van der Waals surface area contributed by atoms with Gasteiger partial charge in [-0.15, -0.1) is 0 Å². The number of piperidine rings is 1. The maximum Gasteiger partial charge on any atom is 0.248 e. The van der Waals surface area contributed by atoms with Crippen LogP contribution in [-0.2, 0) is 9.53 Å². The Morgan fingerprint density at radius 3 is 2.61 bits per heavy atom. The highest BCUT2D eigenvalue weighted by atomic mass is 19.1. The number of carbonyl (C=O) groups excluding carboxylic acids is 1. The van der Waals surface area contributed by atoms with Crippen LogP contribution in [-0.4, -0.2) is 113 Å². The fourth-order valence-electron chi connectivity index (χ4n) is 6.21. The fourth-order valence-corrected chi connectivity index (χ4v) is 6.21. The molecule has 3 aliphatic rings. The van der Waals surface area contributed by atoms with Crippen molar-refractivity contribution in [2.45, 2.75) is 37.6 Å². The molecule has 242 valence electrons. The molecule has 0 aliphatic carbocycles. The molecule has 3 fully saturated rings. The van der Waals surface area contributed by atoms with Crippen molar-refractivity contribution in [3.8, 4) is 23.2 Å². The maximum absolute atomic E-state index is 15.3. The normalized spacial score (nSPS) is 21.1. The van der Waals surface area contributed by atoms with Crippen molar-refractivity contribution in [2.24, 2.45) is 0 Å². The van der Waals surface area contributed by atoms with E-state index in [1.165, 1.54) is 17.3 Å². The summed E-state index contributed by atoms with van der Waals surface area (Å²) in [5.41, 5.74) is 1.71. The van der Waals surface area contributed by atoms with Crippen molar-refractivity contribution in [3.63, 3.8) is 0 Å². The summed E-state index contributed by atoms with van der Waals surface area (Å²) in [6.45, 7) is 4.28. The van der Waals surface area contributed by atoms with Gasteiger partial charge in [-0.2, -0.15) is 10.2 Å². The van der Waals surface area contributed by atoms with E-state index in [2.05, 4.69) is 36.1 Å². The molecule has 2 unspecified atom stereocenters. The molecule has 0 radical (unpaired) electrons. The van der Waals surface area contributed by atoms with Gasteiger partial charge in [0.05, 0.1) is 17.8 Å². The molecule has 0 saturated carbocycles. The number of benzene rings is 2. The van der Waals surface area contributed by atoms with Crippen molar-refractivity contribution in [2.75, 3.05) is 69.3 Å². The van der Waals surface area contributed by atoms with E-state index in [4.69, 9.17) is 14.6 Å². The number of amides is 1. The highest BCUT2D eigenvalue weighted by Crippen LogP contribution is 2.30. The molecule has 4 heterocycles. The lowest BCUT2D eigenvalue weighted by molar-refractivity contribution is -0.138. The van der Waals surface area contributed by atoms with Crippen molar-refractivity contribution < 1.29 is 28.2 Å². The van der Waals surface area contributed by atoms with Crippen molar-refractivity contribution in [1.29, 1.82) is 5.26 Å². The lowest BCUT2D eigenvalue weighted by Crippen LogP contribution is -2.51. The first-order valence-corrected chi connectivity index (χ1v) is 15.5. The van der Waals surface area contributed by atoms with Crippen molar-refractivity contribution >= 4 is 23.2 Å². The maximum atomic E-state index is 15.3. The number of likely N-dealkylation sites (tertiary alicyclic amines) is 1. The van der Waals surface area contributed by atoms with Crippen LogP contribution in [0.1, 0.15) is 24.8 Å². The monoisotopic (exact) mass is 634 g/mol. The van der Waals surface area contributed by atoms with Gasteiger partial charge in [-0.05, 0) is 49.2 Å². The van der Waals surface area contributed by atoms with E-state index >= 15 is 4.39 Å². The zero-order valence-corrected chi connectivity index (χ0v) is 25.3. The zero-order chi connectivity index (χ0) is 32.0. The van der Waals surface area contributed by atoms with Crippen LogP contribution in [0.2, 0.25) is 0 Å². The number of halogens is 2. The van der Waals surface area contributed by atoms with Crippen LogP contribution in [0.15, 0.2) is 42.7 Å². The highest BCUT2D eigenvalue weighted by Gasteiger charge is 2.33. The molecule has 14 heteroatoms. The number of carbonyl (C=O) groups is 1.